The predicted molar refractivity (Wildman–Crippen MR) is 442 cm³/mol. The maximum Gasteiger partial charge on any atom is 0.333 e. The Kier molecular flexibility index (Phi) is 25.9. The summed E-state index contributed by atoms with van der Waals surface area (Å²) in [5.41, 5.74) is 11.2. The first-order valence-corrected chi connectivity index (χ1v) is 36.1. The number of Topliss-reactive ketones (excluding diaryl/α,β-unsaturated/α-hetero) is 6. The Morgan fingerprint density at radius 2 is 0.611 bits per heavy atom. The third kappa shape index (κ3) is 14.9. The summed E-state index contributed by atoms with van der Waals surface area (Å²) >= 11 is 4.83. The maximum absolute atomic E-state index is 12.7. The summed E-state index contributed by atoms with van der Waals surface area (Å²) in [5, 5.41) is 14.3. The van der Waals surface area contributed by atoms with Gasteiger partial charge < -0.3 is 0 Å². The first-order valence-electron chi connectivity index (χ1n) is 35.7. The number of amides is 8. The topological polar surface area (TPSA) is 322 Å². The van der Waals surface area contributed by atoms with Crippen molar-refractivity contribution in [3.63, 3.8) is 0 Å². The highest BCUT2D eigenvalue weighted by molar-refractivity contribution is 7.80. The molecule has 0 unspecified atom stereocenters. The van der Waals surface area contributed by atoms with Crippen LogP contribution in [0.4, 0.5) is 4.79 Å². The molecule has 7 aliphatic rings. The number of carbonyl (C=O) groups excluding carboxylic acids is 13. The number of benzene rings is 4. The third-order valence-corrected chi connectivity index (χ3v) is 25.2. The van der Waals surface area contributed by atoms with Gasteiger partial charge in [-0.3, -0.25) is 96.1 Å². The summed E-state index contributed by atoms with van der Waals surface area (Å²) in [5.74, 6) is -3.29. The number of nitrogens with zero attached hydrogens (tertiary/aromatic N) is 9. The van der Waals surface area contributed by atoms with Gasteiger partial charge in [-0.2, -0.15) is 10.2 Å². The molecule has 2 saturated carbocycles. The zero-order valence-corrected chi connectivity index (χ0v) is 71.4. The fraction of sp³-hybridized carbons (Fsp3) is 0.391. The first kappa shape index (κ1) is 91.9. The molecule has 598 valence electrons. The summed E-state index contributed by atoms with van der Waals surface area (Å²) < 4.78 is 1.35. The van der Waals surface area contributed by atoms with Crippen molar-refractivity contribution >= 4 is 134 Å². The van der Waals surface area contributed by atoms with E-state index in [1.807, 2.05) is 96.9 Å². The number of allylic oxidation sites excluding steroid dienone is 3. The van der Waals surface area contributed by atoms with Crippen LogP contribution in [0.15, 0.2) is 97.5 Å². The van der Waals surface area contributed by atoms with E-state index in [0.29, 0.717) is 55.0 Å². The van der Waals surface area contributed by atoms with Crippen LogP contribution in [0, 0.1) is 103 Å². The van der Waals surface area contributed by atoms with Crippen molar-refractivity contribution in [3.05, 3.63) is 198 Å². The Hall–Kier alpha value is -11.7. The van der Waals surface area contributed by atoms with Gasteiger partial charge in [0.15, 0.2) is 56.2 Å². The lowest BCUT2D eigenvalue weighted by Gasteiger charge is -2.54. The molecule has 8 amide bonds. The number of aromatic nitrogens is 1. The molecule has 4 fully saturated rings. The predicted octanol–water partition coefficient (Wildman–Crippen LogP) is 8.97. The highest BCUT2D eigenvalue weighted by Gasteiger charge is 2.61. The van der Waals surface area contributed by atoms with Crippen LogP contribution in [-0.4, -0.2) is 163 Å². The lowest BCUT2D eigenvalue weighted by atomic mass is 9.47. The highest BCUT2D eigenvalue weighted by atomic mass is 32.1. The SMILES string of the molecule is C=C1C(=O)C(C)(C)C(C)(C)C(C)(C)C1=O.C=C1C(=O)C(C)(C)C(C)(C)C1=O.C=C1C(=O)N(C)C(=O)N(C)C1=O.C=C1C(=O)N(C)C(=S)N(C)C1=O.C=C1C(=O)N(C)N=C1C.C=C1C(=O)c2c(C)c(C)c(C)c(C)c2C1=O.C=c1c(=O)c2c(C)c(C)c(C)c3c(C)c(C)c(C)c(c1=O)c32.C=c1c(C)c2c(n(C)c1=O)=NN(C)C2=O. The van der Waals surface area contributed by atoms with Crippen LogP contribution < -0.4 is 32.3 Å². The number of thiocarbonyl (C=S) groups is 1. The molecule has 4 aromatic carbocycles. The number of likely N-dealkylation sites (N-methyl/N-ethyl adjacent to an activating group) is 5. The molecular formula is C87H103N9O16S. The summed E-state index contributed by atoms with van der Waals surface area (Å²) in [7, 11) is 10.4. The molecule has 4 aliphatic heterocycles. The van der Waals surface area contributed by atoms with Gasteiger partial charge >= 0.3 is 6.03 Å². The van der Waals surface area contributed by atoms with Crippen molar-refractivity contribution in [2.24, 2.45) is 44.3 Å². The van der Waals surface area contributed by atoms with Crippen molar-refractivity contribution in [1.29, 1.82) is 0 Å². The molecular weight excluding hydrogens is 1460 g/mol. The van der Waals surface area contributed by atoms with E-state index in [1.54, 1.807) is 62.7 Å². The molecule has 1 aromatic heterocycles. The van der Waals surface area contributed by atoms with Gasteiger partial charge in [0.05, 0.1) is 49.9 Å². The van der Waals surface area contributed by atoms with E-state index in [-0.39, 0.29) is 107 Å². The van der Waals surface area contributed by atoms with Gasteiger partial charge in [0.1, 0.15) is 0 Å². The minimum absolute atomic E-state index is 0.0476. The zero-order valence-electron chi connectivity index (χ0n) is 70.6. The Bertz CT molecular complexity index is 5450. The van der Waals surface area contributed by atoms with Crippen molar-refractivity contribution in [2.75, 3.05) is 42.3 Å². The molecule has 25 nitrogen and oxygen atoms in total. The minimum Gasteiger partial charge on any atom is -0.294 e. The van der Waals surface area contributed by atoms with Crippen LogP contribution in [-0.2, 0) is 50.2 Å². The number of rotatable bonds is 0. The Morgan fingerprint density at radius 3 is 0.920 bits per heavy atom. The van der Waals surface area contributed by atoms with Crippen LogP contribution in [0.5, 0.6) is 0 Å². The maximum atomic E-state index is 12.7. The molecule has 2 saturated heterocycles. The van der Waals surface area contributed by atoms with Gasteiger partial charge in [0.25, 0.3) is 41.0 Å². The van der Waals surface area contributed by atoms with Gasteiger partial charge in [-0.15, -0.1) is 0 Å². The van der Waals surface area contributed by atoms with Crippen molar-refractivity contribution in [3.8, 4) is 0 Å². The molecule has 113 heavy (non-hydrogen) atoms. The summed E-state index contributed by atoms with van der Waals surface area (Å²) in [6.45, 7) is 70.5. The molecule has 0 N–H and O–H groups in total. The van der Waals surface area contributed by atoms with Crippen LogP contribution in [0.1, 0.15) is 168 Å². The normalized spacial score (nSPS) is 18.3. The van der Waals surface area contributed by atoms with Crippen molar-refractivity contribution < 1.29 is 62.3 Å². The summed E-state index contributed by atoms with van der Waals surface area (Å²) in [4.78, 5) is 190. The second-order valence-corrected chi connectivity index (χ2v) is 32.1. The third-order valence-electron chi connectivity index (χ3n) is 24.6. The molecule has 0 atom stereocenters. The molecule has 5 aromatic rings. The fourth-order valence-electron chi connectivity index (χ4n) is 13.7. The lowest BCUT2D eigenvalue weighted by molar-refractivity contribution is -0.153. The molecule has 0 spiro atoms. The number of imide groups is 2. The van der Waals surface area contributed by atoms with Crippen LogP contribution in [0.3, 0.4) is 0 Å². The van der Waals surface area contributed by atoms with E-state index in [9.17, 15) is 76.7 Å². The Morgan fingerprint density at radius 1 is 0.301 bits per heavy atom. The number of hydrazone groups is 1. The number of fused-ring (bicyclic) bond motifs is 2. The van der Waals surface area contributed by atoms with Crippen molar-refractivity contribution in [2.45, 2.75) is 152 Å². The van der Waals surface area contributed by atoms with E-state index in [0.717, 1.165) is 76.2 Å². The Labute approximate surface area is 663 Å². The number of carbonyl (C=O) groups is 13. The number of pyridine rings is 1. The van der Waals surface area contributed by atoms with Crippen LogP contribution >= 0.6 is 12.2 Å². The second-order valence-electron chi connectivity index (χ2n) is 31.7. The van der Waals surface area contributed by atoms with E-state index in [4.69, 9.17) is 12.2 Å². The number of hydrogen-bond acceptors (Lipinski definition) is 19. The van der Waals surface area contributed by atoms with E-state index < -0.39 is 51.3 Å². The number of hydrogen-bond donors (Lipinski definition) is 0. The van der Waals surface area contributed by atoms with Gasteiger partial charge in [0.2, 0.25) is 0 Å². The standard InChI is InChI=1S/C20H20O2.C14H14O2.C13H20O2.C10H11N3O2.C10H14O2.C7H8N2O3.C7H8N2O2S.C6H8N2O/c1-8-10(3)15-11(4)9(2)13(6)17-18(15)16(12(8)5)19(21)14(7)20(17)22;1-6-7(2)9(4)12-11(8(6)3)13(15)10(5)14(12)16;1-8-9(14)11(2,3)13(6,7)12(4,5)10(8)15;1-5-6(2)9(14)12(3)8-7(5)10(15)13(4)11-8;1-6-7(11)9(2,3)10(4,5)8(6)12;2*1-4-5(10)8(2)7(12)9(3)6(4)11;1-4-5(2)7-8(3)6(4)9/h7H2,1-6H3;5H2,1-4H3;1H2,2-7H3;2H2,1,3-4H3;1H2,2-5H3;2*1H2,2-3H3;1H2,2-3H3. The van der Waals surface area contributed by atoms with Crippen LogP contribution in [0.2, 0.25) is 0 Å². The highest BCUT2D eigenvalue weighted by Crippen LogP contribution is 2.57. The fourth-order valence-corrected chi connectivity index (χ4v) is 13.9. The number of urea groups is 1. The van der Waals surface area contributed by atoms with Crippen molar-refractivity contribution in [1.82, 2.24) is 34.2 Å². The smallest absolute Gasteiger partial charge is 0.294 e. The van der Waals surface area contributed by atoms with E-state index in [2.05, 4.69) is 76.7 Å². The largest absolute Gasteiger partial charge is 0.333 e. The number of ketones is 6. The molecule has 12 rings (SSSR count). The lowest BCUT2D eigenvalue weighted by Crippen LogP contribution is -2.58. The molecule has 0 radical (unpaired) electrons. The number of aryl methyl sites for hydroxylation is 4. The second kappa shape index (κ2) is 31.8. The van der Waals surface area contributed by atoms with Gasteiger partial charge in [-0.05, 0) is 167 Å². The number of barbiturate groups is 1. The van der Waals surface area contributed by atoms with Gasteiger partial charge in [-0.25, -0.2) is 14.8 Å². The quantitative estimate of drug-likeness (QED) is 0.0793. The minimum atomic E-state index is -0.636. The molecule has 0 bridgehead atoms. The van der Waals surface area contributed by atoms with Crippen LogP contribution in [0.25, 0.3) is 34.7 Å². The van der Waals surface area contributed by atoms with Gasteiger partial charge in [0, 0.05) is 103 Å². The summed E-state index contributed by atoms with van der Waals surface area (Å²) in [6.07, 6.45) is 0. The van der Waals surface area contributed by atoms with E-state index in [1.165, 1.54) is 52.6 Å². The zero-order chi connectivity index (χ0) is 87.9. The molecule has 5 heterocycles. The Balaban J connectivity index is 0.000000234. The average Bonchev–Trinajstić information content (AvgIpc) is 1.28. The van der Waals surface area contributed by atoms with Gasteiger partial charge in [-0.1, -0.05) is 122 Å². The first-order chi connectivity index (χ1) is 51.3. The molecule has 26 heteroatoms. The monoisotopic (exact) mass is 1560 g/mol. The summed E-state index contributed by atoms with van der Waals surface area (Å²) in [6, 6.07) is -0.627. The molecule has 3 aliphatic carbocycles. The van der Waals surface area contributed by atoms with E-state index >= 15 is 0 Å². The average molecular weight is 1560 g/mol.